The third kappa shape index (κ3) is 3.57. The highest BCUT2D eigenvalue weighted by Crippen LogP contribution is 2.25. The molecule has 0 saturated heterocycles. The van der Waals surface area contributed by atoms with Gasteiger partial charge in [0.1, 0.15) is 17.7 Å². The topological polar surface area (TPSA) is 52.5 Å². The highest BCUT2D eigenvalue weighted by molar-refractivity contribution is 5.90. The second-order valence-electron chi connectivity index (χ2n) is 5.78. The van der Waals surface area contributed by atoms with Gasteiger partial charge in [0.15, 0.2) is 0 Å². The van der Waals surface area contributed by atoms with E-state index in [1.54, 1.807) is 6.08 Å². The van der Waals surface area contributed by atoms with Crippen LogP contribution in [0.1, 0.15) is 38.7 Å². The molecule has 1 heterocycles. The Morgan fingerprint density at radius 1 is 1.27 bits per heavy atom. The first-order valence-corrected chi connectivity index (χ1v) is 7.79. The van der Waals surface area contributed by atoms with Crippen molar-refractivity contribution < 1.29 is 0 Å². The molecule has 1 unspecified atom stereocenters. The highest BCUT2D eigenvalue weighted by Gasteiger charge is 2.10. The standard InChI is InChI=1S/C19H21N3/c1-3-4-7-15(2)13-22-14-17(10-16(11-20)12-21)18-8-5-6-9-19(18)22/h5-6,8-10,14-15H,3-4,7,13H2,1-2H3. The van der Waals surface area contributed by atoms with Gasteiger partial charge in [0.25, 0.3) is 0 Å². The lowest BCUT2D eigenvalue weighted by Gasteiger charge is -2.12. The van der Waals surface area contributed by atoms with Gasteiger partial charge in [-0.05, 0) is 24.5 Å². The van der Waals surface area contributed by atoms with Crippen molar-refractivity contribution in [2.75, 3.05) is 0 Å². The molecule has 1 aromatic carbocycles. The number of aromatic nitrogens is 1. The fraction of sp³-hybridized carbons (Fsp3) is 0.368. The minimum absolute atomic E-state index is 0.141. The van der Waals surface area contributed by atoms with Gasteiger partial charge in [0.05, 0.1) is 0 Å². The number of benzene rings is 1. The first-order chi connectivity index (χ1) is 10.7. The van der Waals surface area contributed by atoms with Gasteiger partial charge in [-0.1, -0.05) is 44.9 Å². The van der Waals surface area contributed by atoms with Crippen molar-refractivity contribution in [3.63, 3.8) is 0 Å². The van der Waals surface area contributed by atoms with Gasteiger partial charge in [-0.2, -0.15) is 10.5 Å². The minimum atomic E-state index is 0.141. The molecule has 2 aromatic rings. The molecule has 0 spiro atoms. The summed E-state index contributed by atoms with van der Waals surface area (Å²) in [5, 5.41) is 19.0. The van der Waals surface area contributed by atoms with Crippen LogP contribution in [0.3, 0.4) is 0 Å². The number of unbranched alkanes of at least 4 members (excludes halogenated alkanes) is 1. The number of fused-ring (bicyclic) bond motifs is 1. The van der Waals surface area contributed by atoms with Gasteiger partial charge < -0.3 is 4.57 Å². The van der Waals surface area contributed by atoms with Crippen LogP contribution in [-0.2, 0) is 6.54 Å². The van der Waals surface area contributed by atoms with E-state index in [1.165, 1.54) is 19.3 Å². The monoisotopic (exact) mass is 291 g/mol. The molecule has 2 rings (SSSR count). The molecule has 0 saturated carbocycles. The fourth-order valence-corrected chi connectivity index (χ4v) is 2.77. The second kappa shape index (κ2) is 7.48. The first-order valence-electron chi connectivity index (χ1n) is 7.79. The number of hydrogen-bond donors (Lipinski definition) is 0. The second-order valence-corrected chi connectivity index (χ2v) is 5.78. The van der Waals surface area contributed by atoms with E-state index < -0.39 is 0 Å². The number of para-hydroxylation sites is 1. The molecule has 0 N–H and O–H groups in total. The van der Waals surface area contributed by atoms with Crippen molar-refractivity contribution in [2.45, 2.75) is 39.7 Å². The molecule has 0 aliphatic heterocycles. The van der Waals surface area contributed by atoms with Crippen LogP contribution in [0.5, 0.6) is 0 Å². The third-order valence-electron chi connectivity index (χ3n) is 3.92. The summed E-state index contributed by atoms with van der Waals surface area (Å²) in [6.45, 7) is 5.45. The van der Waals surface area contributed by atoms with E-state index in [0.29, 0.717) is 5.92 Å². The molecule has 22 heavy (non-hydrogen) atoms. The summed E-state index contributed by atoms with van der Waals surface area (Å²) >= 11 is 0. The molecular weight excluding hydrogens is 270 g/mol. The maximum absolute atomic E-state index is 8.96. The zero-order valence-electron chi connectivity index (χ0n) is 13.2. The average molecular weight is 291 g/mol. The Hall–Kier alpha value is -2.52. The molecule has 0 radical (unpaired) electrons. The predicted octanol–water partition coefficient (Wildman–Crippen LogP) is 4.90. The van der Waals surface area contributed by atoms with Gasteiger partial charge in [-0.3, -0.25) is 0 Å². The zero-order valence-corrected chi connectivity index (χ0v) is 13.2. The van der Waals surface area contributed by atoms with Crippen LogP contribution >= 0.6 is 0 Å². The summed E-state index contributed by atoms with van der Waals surface area (Å²) in [6.07, 6.45) is 7.42. The molecule has 0 aliphatic carbocycles. The number of allylic oxidation sites excluding steroid dienone is 1. The molecule has 3 heteroatoms. The lowest BCUT2D eigenvalue weighted by atomic mass is 10.0. The van der Waals surface area contributed by atoms with Crippen molar-refractivity contribution >= 4 is 17.0 Å². The summed E-state index contributed by atoms with van der Waals surface area (Å²) in [5.74, 6) is 0.610. The molecule has 3 nitrogen and oxygen atoms in total. The Balaban J connectivity index is 2.39. The maximum atomic E-state index is 8.96. The van der Waals surface area contributed by atoms with Gasteiger partial charge in [0.2, 0.25) is 0 Å². The van der Waals surface area contributed by atoms with E-state index in [4.69, 9.17) is 10.5 Å². The van der Waals surface area contributed by atoms with Crippen molar-refractivity contribution in [2.24, 2.45) is 5.92 Å². The van der Waals surface area contributed by atoms with E-state index >= 15 is 0 Å². The normalized spacial score (nSPS) is 11.6. The number of rotatable bonds is 6. The van der Waals surface area contributed by atoms with E-state index in [1.807, 2.05) is 30.3 Å². The van der Waals surface area contributed by atoms with Crippen molar-refractivity contribution in [3.05, 3.63) is 41.6 Å². The minimum Gasteiger partial charge on any atom is -0.347 e. The molecule has 0 aliphatic rings. The quantitative estimate of drug-likeness (QED) is 0.711. The molecule has 1 aromatic heterocycles. The van der Waals surface area contributed by atoms with Gasteiger partial charge in [-0.15, -0.1) is 0 Å². The SMILES string of the molecule is CCCCC(C)Cn1cc(C=C(C#N)C#N)c2ccccc21. The maximum Gasteiger partial charge on any atom is 0.130 e. The van der Waals surface area contributed by atoms with Crippen molar-refractivity contribution in [3.8, 4) is 12.1 Å². The lowest BCUT2D eigenvalue weighted by Crippen LogP contribution is -2.06. The highest BCUT2D eigenvalue weighted by atomic mass is 15.0. The van der Waals surface area contributed by atoms with E-state index in [0.717, 1.165) is 23.0 Å². The molecule has 112 valence electrons. The van der Waals surface area contributed by atoms with Crippen LogP contribution in [0.25, 0.3) is 17.0 Å². The summed E-state index contributed by atoms with van der Waals surface area (Å²) in [7, 11) is 0. The van der Waals surface area contributed by atoms with Crippen LogP contribution in [0.2, 0.25) is 0 Å². The van der Waals surface area contributed by atoms with Crippen LogP contribution in [-0.4, -0.2) is 4.57 Å². The van der Waals surface area contributed by atoms with Gasteiger partial charge in [-0.25, -0.2) is 0 Å². The molecular formula is C19H21N3. The largest absolute Gasteiger partial charge is 0.347 e. The Morgan fingerprint density at radius 3 is 2.68 bits per heavy atom. The Bertz CT molecular complexity index is 737. The smallest absolute Gasteiger partial charge is 0.130 e. The Morgan fingerprint density at radius 2 is 2.00 bits per heavy atom. The van der Waals surface area contributed by atoms with Crippen LogP contribution in [0.15, 0.2) is 36.0 Å². The zero-order chi connectivity index (χ0) is 15.9. The number of hydrogen-bond acceptors (Lipinski definition) is 2. The van der Waals surface area contributed by atoms with Crippen LogP contribution < -0.4 is 0 Å². The van der Waals surface area contributed by atoms with E-state index in [2.05, 4.69) is 30.7 Å². The Labute approximate surface area is 132 Å². The van der Waals surface area contributed by atoms with E-state index in [9.17, 15) is 0 Å². The number of nitrogens with zero attached hydrogens (tertiary/aromatic N) is 3. The van der Waals surface area contributed by atoms with Crippen molar-refractivity contribution in [1.29, 1.82) is 10.5 Å². The molecule has 0 bridgehead atoms. The van der Waals surface area contributed by atoms with Gasteiger partial charge in [0, 0.05) is 29.2 Å². The van der Waals surface area contributed by atoms with Gasteiger partial charge >= 0.3 is 0 Å². The molecule has 0 amide bonds. The summed E-state index contributed by atoms with van der Waals surface area (Å²) in [4.78, 5) is 0. The molecule has 0 fully saturated rings. The predicted molar refractivity (Wildman–Crippen MR) is 89.8 cm³/mol. The summed E-state index contributed by atoms with van der Waals surface area (Å²) in [5.41, 5.74) is 2.24. The van der Waals surface area contributed by atoms with E-state index in [-0.39, 0.29) is 5.57 Å². The number of nitriles is 2. The van der Waals surface area contributed by atoms with Crippen LogP contribution in [0, 0.1) is 28.6 Å². The Kier molecular flexibility index (Phi) is 5.39. The van der Waals surface area contributed by atoms with Crippen molar-refractivity contribution in [1.82, 2.24) is 4.57 Å². The molecule has 1 atom stereocenters. The summed E-state index contributed by atoms with van der Waals surface area (Å²) in [6, 6.07) is 12.0. The summed E-state index contributed by atoms with van der Waals surface area (Å²) < 4.78 is 2.24. The lowest BCUT2D eigenvalue weighted by molar-refractivity contribution is 0.442. The average Bonchev–Trinajstić information content (AvgIpc) is 2.88. The first kappa shape index (κ1) is 15.9. The van der Waals surface area contributed by atoms with Crippen LogP contribution in [0.4, 0.5) is 0 Å². The fourth-order valence-electron chi connectivity index (χ4n) is 2.77. The third-order valence-corrected chi connectivity index (χ3v) is 3.92.